The molecule has 1 heterocycles. The van der Waals surface area contributed by atoms with Crippen LogP contribution in [-0.2, 0) is 4.74 Å². The molecule has 0 aromatic heterocycles. The third-order valence-electron chi connectivity index (χ3n) is 2.34. The molecule has 4 N–H and O–H groups in total. The standard InChI is InChI=1S/C11H13N3O5/c1-2-17-11(16)14-13-10(15)6-3-8-9(4-7(6)12)19-5-18-8/h3-4H,2,5,12H2,1H3,(H,13,15)(H,14,16). The normalized spacial score (nSPS) is 11.8. The molecule has 19 heavy (non-hydrogen) atoms. The SMILES string of the molecule is CCOC(=O)NNC(=O)c1cc2c(cc1N)OCO2. The molecule has 0 fully saturated rings. The Morgan fingerprint density at radius 2 is 2.00 bits per heavy atom. The number of nitrogen functional groups attached to an aromatic ring is 1. The van der Waals surface area contributed by atoms with Crippen LogP contribution in [0, 0.1) is 0 Å². The average Bonchev–Trinajstić information content (AvgIpc) is 2.82. The lowest BCUT2D eigenvalue weighted by Gasteiger charge is -2.09. The summed E-state index contributed by atoms with van der Waals surface area (Å²) in [7, 11) is 0. The topological polar surface area (TPSA) is 112 Å². The summed E-state index contributed by atoms with van der Waals surface area (Å²) >= 11 is 0. The van der Waals surface area contributed by atoms with Gasteiger partial charge in [-0.3, -0.25) is 10.2 Å². The van der Waals surface area contributed by atoms with Crippen molar-refractivity contribution >= 4 is 17.7 Å². The third kappa shape index (κ3) is 2.79. The Balaban J connectivity index is 2.05. The maximum absolute atomic E-state index is 11.8. The molecule has 2 rings (SSSR count). The second-order valence-corrected chi connectivity index (χ2v) is 3.59. The monoisotopic (exact) mass is 267 g/mol. The predicted octanol–water partition coefficient (Wildman–Crippen LogP) is 0.388. The Hall–Kier alpha value is -2.64. The van der Waals surface area contributed by atoms with E-state index in [1.807, 2.05) is 0 Å². The van der Waals surface area contributed by atoms with Gasteiger partial charge in [0.1, 0.15) is 0 Å². The number of rotatable bonds is 2. The third-order valence-corrected chi connectivity index (χ3v) is 2.34. The maximum atomic E-state index is 11.8. The van der Waals surface area contributed by atoms with Gasteiger partial charge in [-0.15, -0.1) is 0 Å². The van der Waals surface area contributed by atoms with Crippen molar-refractivity contribution < 1.29 is 23.8 Å². The second-order valence-electron chi connectivity index (χ2n) is 3.59. The van der Waals surface area contributed by atoms with Crippen LogP contribution in [0.1, 0.15) is 17.3 Å². The van der Waals surface area contributed by atoms with E-state index in [0.29, 0.717) is 11.5 Å². The van der Waals surface area contributed by atoms with Crippen LogP contribution in [0.4, 0.5) is 10.5 Å². The average molecular weight is 267 g/mol. The van der Waals surface area contributed by atoms with E-state index in [4.69, 9.17) is 15.2 Å². The Morgan fingerprint density at radius 1 is 1.32 bits per heavy atom. The molecule has 1 aliphatic heterocycles. The van der Waals surface area contributed by atoms with E-state index in [1.165, 1.54) is 12.1 Å². The van der Waals surface area contributed by atoms with Crippen LogP contribution in [0.2, 0.25) is 0 Å². The number of amides is 2. The van der Waals surface area contributed by atoms with E-state index in [9.17, 15) is 9.59 Å². The highest BCUT2D eigenvalue weighted by Crippen LogP contribution is 2.35. The van der Waals surface area contributed by atoms with Crippen molar-refractivity contribution in [2.75, 3.05) is 19.1 Å². The molecule has 1 aromatic rings. The summed E-state index contributed by atoms with van der Waals surface area (Å²) in [5.74, 6) is 0.326. The number of benzene rings is 1. The van der Waals surface area contributed by atoms with E-state index >= 15 is 0 Å². The first-order chi connectivity index (χ1) is 9.11. The van der Waals surface area contributed by atoms with E-state index in [0.717, 1.165) is 0 Å². The summed E-state index contributed by atoms with van der Waals surface area (Å²) in [6.45, 7) is 1.94. The smallest absolute Gasteiger partial charge is 0.426 e. The number of carbonyl (C=O) groups is 2. The van der Waals surface area contributed by atoms with E-state index < -0.39 is 12.0 Å². The van der Waals surface area contributed by atoms with Crippen molar-refractivity contribution in [3.8, 4) is 11.5 Å². The molecule has 8 heteroatoms. The van der Waals surface area contributed by atoms with E-state index in [2.05, 4.69) is 15.6 Å². The molecule has 2 amide bonds. The lowest BCUT2D eigenvalue weighted by molar-refractivity contribution is 0.0913. The molecule has 1 aromatic carbocycles. The van der Waals surface area contributed by atoms with Gasteiger partial charge in [0.2, 0.25) is 6.79 Å². The van der Waals surface area contributed by atoms with Crippen LogP contribution in [-0.4, -0.2) is 25.4 Å². The summed E-state index contributed by atoms with van der Waals surface area (Å²) in [5, 5.41) is 0. The molecular formula is C11H13N3O5. The van der Waals surface area contributed by atoms with Gasteiger partial charge >= 0.3 is 6.09 Å². The van der Waals surface area contributed by atoms with Crippen LogP contribution in [0.25, 0.3) is 0 Å². The summed E-state index contributed by atoms with van der Waals surface area (Å²) in [6.07, 6.45) is -0.754. The molecule has 0 atom stereocenters. The molecular weight excluding hydrogens is 254 g/mol. The Kier molecular flexibility index (Phi) is 3.60. The Bertz CT molecular complexity index is 517. The molecule has 0 saturated heterocycles. The Labute approximate surface area is 108 Å². The van der Waals surface area contributed by atoms with Crippen molar-refractivity contribution in [2.45, 2.75) is 6.92 Å². The van der Waals surface area contributed by atoms with Gasteiger partial charge in [-0.25, -0.2) is 10.2 Å². The van der Waals surface area contributed by atoms with Crippen molar-refractivity contribution in [3.63, 3.8) is 0 Å². The first-order valence-corrected chi connectivity index (χ1v) is 5.54. The first-order valence-electron chi connectivity index (χ1n) is 5.54. The molecule has 1 aliphatic rings. The fraction of sp³-hybridized carbons (Fsp3) is 0.273. The maximum Gasteiger partial charge on any atom is 0.426 e. The molecule has 0 unspecified atom stereocenters. The zero-order chi connectivity index (χ0) is 13.8. The molecule has 0 radical (unpaired) electrons. The van der Waals surface area contributed by atoms with Crippen molar-refractivity contribution in [3.05, 3.63) is 17.7 Å². The van der Waals surface area contributed by atoms with Gasteiger partial charge in [-0.1, -0.05) is 0 Å². The molecule has 0 aliphatic carbocycles. The first kappa shape index (κ1) is 12.8. The fourth-order valence-electron chi connectivity index (χ4n) is 1.50. The highest BCUT2D eigenvalue weighted by Gasteiger charge is 2.19. The molecule has 0 spiro atoms. The van der Waals surface area contributed by atoms with Crippen molar-refractivity contribution in [1.29, 1.82) is 0 Å². The van der Waals surface area contributed by atoms with Crippen LogP contribution in [0.5, 0.6) is 11.5 Å². The number of hydrogen-bond donors (Lipinski definition) is 3. The van der Waals surface area contributed by atoms with Gasteiger partial charge < -0.3 is 19.9 Å². The summed E-state index contributed by atoms with van der Waals surface area (Å²) in [4.78, 5) is 22.8. The number of nitrogens with one attached hydrogen (secondary N) is 2. The quantitative estimate of drug-likeness (QED) is 0.528. The lowest BCUT2D eigenvalue weighted by atomic mass is 10.1. The zero-order valence-corrected chi connectivity index (χ0v) is 10.2. The largest absolute Gasteiger partial charge is 0.454 e. The number of hydrazine groups is 1. The minimum Gasteiger partial charge on any atom is -0.454 e. The summed E-state index contributed by atoms with van der Waals surface area (Å²) in [5.41, 5.74) is 10.4. The van der Waals surface area contributed by atoms with Crippen LogP contribution < -0.4 is 26.1 Å². The summed E-state index contributed by atoms with van der Waals surface area (Å²) in [6, 6.07) is 2.93. The Morgan fingerprint density at radius 3 is 2.68 bits per heavy atom. The number of ether oxygens (including phenoxy) is 3. The predicted molar refractivity (Wildman–Crippen MR) is 64.6 cm³/mol. The van der Waals surface area contributed by atoms with Crippen LogP contribution >= 0.6 is 0 Å². The van der Waals surface area contributed by atoms with Gasteiger partial charge in [-0.05, 0) is 13.0 Å². The number of carbonyl (C=O) groups excluding carboxylic acids is 2. The van der Waals surface area contributed by atoms with Gasteiger partial charge in [0, 0.05) is 11.8 Å². The number of nitrogens with two attached hydrogens (primary N) is 1. The number of anilines is 1. The van der Waals surface area contributed by atoms with Gasteiger partial charge in [0.25, 0.3) is 5.91 Å². The molecule has 8 nitrogen and oxygen atoms in total. The van der Waals surface area contributed by atoms with Gasteiger partial charge in [0.15, 0.2) is 11.5 Å². The molecule has 0 bridgehead atoms. The van der Waals surface area contributed by atoms with Gasteiger partial charge in [0.05, 0.1) is 12.2 Å². The van der Waals surface area contributed by atoms with Gasteiger partial charge in [-0.2, -0.15) is 0 Å². The zero-order valence-electron chi connectivity index (χ0n) is 10.2. The van der Waals surface area contributed by atoms with Crippen molar-refractivity contribution in [2.24, 2.45) is 0 Å². The van der Waals surface area contributed by atoms with E-state index in [1.54, 1.807) is 6.92 Å². The fourth-order valence-corrected chi connectivity index (χ4v) is 1.50. The van der Waals surface area contributed by atoms with Crippen molar-refractivity contribution in [1.82, 2.24) is 10.9 Å². The summed E-state index contributed by atoms with van der Waals surface area (Å²) < 4.78 is 14.9. The molecule has 102 valence electrons. The minimum atomic E-state index is -0.754. The number of hydrogen-bond acceptors (Lipinski definition) is 6. The van der Waals surface area contributed by atoms with Crippen LogP contribution in [0.3, 0.4) is 0 Å². The highest BCUT2D eigenvalue weighted by atomic mass is 16.7. The van der Waals surface area contributed by atoms with E-state index in [-0.39, 0.29) is 24.7 Å². The van der Waals surface area contributed by atoms with Crippen LogP contribution in [0.15, 0.2) is 12.1 Å². The number of fused-ring (bicyclic) bond motifs is 1. The lowest BCUT2D eigenvalue weighted by Crippen LogP contribution is -2.42. The minimum absolute atomic E-state index is 0.0842. The highest BCUT2D eigenvalue weighted by molar-refractivity contribution is 6.00. The molecule has 0 saturated carbocycles. The second kappa shape index (κ2) is 5.34.